The van der Waals surface area contributed by atoms with Crippen molar-refractivity contribution in [2.24, 2.45) is 0 Å². The molecule has 0 amide bonds. The molecule has 0 aliphatic carbocycles. The first-order valence-corrected chi connectivity index (χ1v) is 4.42. The molecule has 0 aromatic carbocycles. The molecule has 0 radical (unpaired) electrons. The minimum Gasteiger partial charge on any atom is -0.408 e. The highest BCUT2D eigenvalue weighted by Crippen LogP contribution is 2.13. The minimum atomic E-state index is -0.227. The number of nitrogens with zero attached hydrogens (tertiary/aromatic N) is 2. The van der Waals surface area contributed by atoms with Crippen molar-refractivity contribution in [3.8, 4) is 5.88 Å². The predicted octanol–water partition coefficient (Wildman–Crippen LogP) is 1.53. The molecule has 0 N–H and O–H groups in total. The molecule has 0 bridgehead atoms. The SMILES string of the molecule is CCC(=O)Oc1cc(C)nn1CC. The third kappa shape index (κ3) is 2.31. The molecule has 4 heteroatoms. The van der Waals surface area contributed by atoms with Crippen molar-refractivity contribution >= 4 is 5.97 Å². The summed E-state index contributed by atoms with van der Waals surface area (Å²) in [5.41, 5.74) is 0.862. The topological polar surface area (TPSA) is 44.1 Å². The molecule has 72 valence electrons. The summed E-state index contributed by atoms with van der Waals surface area (Å²) in [6, 6.07) is 1.76. The highest BCUT2D eigenvalue weighted by atomic mass is 16.5. The number of carbonyl (C=O) groups excluding carboxylic acids is 1. The first-order valence-electron chi connectivity index (χ1n) is 4.42. The Kier molecular flexibility index (Phi) is 3.06. The molecule has 1 aromatic rings. The van der Waals surface area contributed by atoms with Crippen LogP contribution in [0.25, 0.3) is 0 Å². The van der Waals surface area contributed by atoms with Crippen LogP contribution in [0.4, 0.5) is 0 Å². The molecule has 1 aromatic heterocycles. The van der Waals surface area contributed by atoms with Crippen LogP contribution >= 0.6 is 0 Å². The van der Waals surface area contributed by atoms with Gasteiger partial charge in [0.15, 0.2) is 0 Å². The van der Waals surface area contributed by atoms with Gasteiger partial charge in [-0.15, -0.1) is 0 Å². The first kappa shape index (κ1) is 9.77. The fourth-order valence-corrected chi connectivity index (χ4v) is 1.02. The lowest BCUT2D eigenvalue weighted by atomic mass is 10.5. The molecule has 13 heavy (non-hydrogen) atoms. The van der Waals surface area contributed by atoms with Gasteiger partial charge in [0.25, 0.3) is 0 Å². The van der Waals surface area contributed by atoms with Gasteiger partial charge in [0.1, 0.15) is 0 Å². The van der Waals surface area contributed by atoms with E-state index >= 15 is 0 Å². The zero-order valence-corrected chi connectivity index (χ0v) is 8.20. The fourth-order valence-electron chi connectivity index (χ4n) is 1.02. The Labute approximate surface area is 77.5 Å². The third-order valence-electron chi connectivity index (χ3n) is 1.67. The number of ether oxygens (including phenoxy) is 1. The van der Waals surface area contributed by atoms with E-state index in [1.807, 2.05) is 13.8 Å². The summed E-state index contributed by atoms with van der Waals surface area (Å²) in [4.78, 5) is 11.0. The molecular weight excluding hydrogens is 168 g/mol. The van der Waals surface area contributed by atoms with Gasteiger partial charge in [-0.3, -0.25) is 4.79 Å². The third-order valence-corrected chi connectivity index (χ3v) is 1.67. The van der Waals surface area contributed by atoms with Crippen LogP contribution in [0.5, 0.6) is 5.88 Å². The second-order valence-corrected chi connectivity index (χ2v) is 2.77. The Hall–Kier alpha value is -1.32. The molecule has 0 aliphatic heterocycles. The van der Waals surface area contributed by atoms with Crippen molar-refractivity contribution in [2.75, 3.05) is 0 Å². The van der Waals surface area contributed by atoms with Crippen molar-refractivity contribution in [1.29, 1.82) is 0 Å². The van der Waals surface area contributed by atoms with Crippen LogP contribution in [0.15, 0.2) is 6.07 Å². The van der Waals surface area contributed by atoms with Crippen molar-refractivity contribution in [3.05, 3.63) is 11.8 Å². The molecule has 0 saturated heterocycles. The molecule has 1 heterocycles. The van der Waals surface area contributed by atoms with Crippen molar-refractivity contribution in [1.82, 2.24) is 9.78 Å². The van der Waals surface area contributed by atoms with Crippen molar-refractivity contribution < 1.29 is 9.53 Å². The van der Waals surface area contributed by atoms with Gasteiger partial charge < -0.3 is 4.74 Å². The lowest BCUT2D eigenvalue weighted by Crippen LogP contribution is -2.10. The van der Waals surface area contributed by atoms with Crippen LogP contribution in [-0.4, -0.2) is 15.7 Å². The lowest BCUT2D eigenvalue weighted by molar-refractivity contribution is -0.134. The van der Waals surface area contributed by atoms with Gasteiger partial charge in [0, 0.05) is 19.0 Å². The number of aromatic nitrogens is 2. The van der Waals surface area contributed by atoms with E-state index < -0.39 is 0 Å². The van der Waals surface area contributed by atoms with Gasteiger partial charge in [-0.1, -0.05) is 6.92 Å². The number of esters is 1. The first-order chi connectivity index (χ1) is 6.17. The van der Waals surface area contributed by atoms with E-state index in [1.165, 1.54) is 0 Å². The summed E-state index contributed by atoms with van der Waals surface area (Å²) in [7, 11) is 0. The number of hydrogen-bond donors (Lipinski definition) is 0. The van der Waals surface area contributed by atoms with Gasteiger partial charge in [-0.25, -0.2) is 4.68 Å². The monoisotopic (exact) mass is 182 g/mol. The van der Waals surface area contributed by atoms with Crippen LogP contribution in [0.1, 0.15) is 26.0 Å². The average Bonchev–Trinajstić information content (AvgIpc) is 2.46. The molecule has 0 spiro atoms. The second-order valence-electron chi connectivity index (χ2n) is 2.77. The summed E-state index contributed by atoms with van der Waals surface area (Å²) in [6.07, 6.45) is 0.383. The Morgan fingerprint density at radius 3 is 2.85 bits per heavy atom. The van der Waals surface area contributed by atoms with Gasteiger partial charge in [-0.05, 0) is 13.8 Å². The van der Waals surface area contributed by atoms with Gasteiger partial charge in [0.05, 0.1) is 5.69 Å². The van der Waals surface area contributed by atoms with E-state index in [1.54, 1.807) is 17.7 Å². The molecule has 0 unspecified atom stereocenters. The maximum Gasteiger partial charge on any atom is 0.312 e. The van der Waals surface area contributed by atoms with E-state index in [4.69, 9.17) is 4.74 Å². The maximum atomic E-state index is 11.0. The highest BCUT2D eigenvalue weighted by Gasteiger charge is 2.08. The summed E-state index contributed by atoms with van der Waals surface area (Å²) in [5.74, 6) is 0.307. The fraction of sp³-hybridized carbons (Fsp3) is 0.556. The average molecular weight is 182 g/mol. The molecule has 1 rings (SSSR count). The number of rotatable bonds is 3. The van der Waals surface area contributed by atoms with Crippen LogP contribution in [-0.2, 0) is 11.3 Å². The Morgan fingerprint density at radius 2 is 2.31 bits per heavy atom. The van der Waals surface area contributed by atoms with E-state index in [0.717, 1.165) is 5.69 Å². The van der Waals surface area contributed by atoms with Gasteiger partial charge in [-0.2, -0.15) is 5.10 Å². The van der Waals surface area contributed by atoms with Crippen LogP contribution < -0.4 is 4.74 Å². The minimum absolute atomic E-state index is 0.227. The van der Waals surface area contributed by atoms with E-state index in [-0.39, 0.29) is 5.97 Å². The standard InChI is InChI=1S/C9H14N2O2/c1-4-9(12)13-8-6-7(3)10-11(8)5-2/h6H,4-5H2,1-3H3. The largest absolute Gasteiger partial charge is 0.408 e. The summed E-state index contributed by atoms with van der Waals surface area (Å²) >= 11 is 0. The zero-order chi connectivity index (χ0) is 9.84. The van der Waals surface area contributed by atoms with E-state index in [9.17, 15) is 4.79 Å². The van der Waals surface area contributed by atoms with Crippen LogP contribution in [0.3, 0.4) is 0 Å². The Balaban J connectivity index is 2.80. The van der Waals surface area contributed by atoms with Crippen molar-refractivity contribution in [3.63, 3.8) is 0 Å². The second kappa shape index (κ2) is 4.07. The lowest BCUT2D eigenvalue weighted by Gasteiger charge is -2.03. The zero-order valence-electron chi connectivity index (χ0n) is 8.20. The van der Waals surface area contributed by atoms with Gasteiger partial charge in [0.2, 0.25) is 5.88 Å². The molecule has 4 nitrogen and oxygen atoms in total. The molecule has 0 fully saturated rings. The van der Waals surface area contributed by atoms with Crippen LogP contribution in [0, 0.1) is 6.92 Å². The Morgan fingerprint density at radius 1 is 1.62 bits per heavy atom. The molecule has 0 aliphatic rings. The Bertz CT molecular complexity index is 305. The predicted molar refractivity (Wildman–Crippen MR) is 48.6 cm³/mol. The van der Waals surface area contributed by atoms with Crippen LogP contribution in [0.2, 0.25) is 0 Å². The summed E-state index contributed by atoms with van der Waals surface area (Å²) < 4.78 is 6.74. The smallest absolute Gasteiger partial charge is 0.312 e. The summed E-state index contributed by atoms with van der Waals surface area (Å²) in [5, 5.41) is 4.16. The normalized spacial score (nSPS) is 10.1. The maximum absolute atomic E-state index is 11.0. The molecular formula is C9H14N2O2. The molecule has 0 saturated carbocycles. The van der Waals surface area contributed by atoms with Crippen molar-refractivity contribution in [2.45, 2.75) is 33.7 Å². The number of aryl methyl sites for hydroxylation is 2. The van der Waals surface area contributed by atoms with Gasteiger partial charge >= 0.3 is 5.97 Å². The summed E-state index contributed by atoms with van der Waals surface area (Å²) in [6.45, 7) is 6.30. The number of hydrogen-bond acceptors (Lipinski definition) is 3. The quantitative estimate of drug-likeness (QED) is 0.666. The molecule has 0 atom stereocenters. The van der Waals surface area contributed by atoms with E-state index in [2.05, 4.69) is 5.10 Å². The number of carbonyl (C=O) groups is 1. The van der Waals surface area contributed by atoms with E-state index in [0.29, 0.717) is 18.8 Å². The highest BCUT2D eigenvalue weighted by molar-refractivity contribution is 5.71.